The van der Waals surface area contributed by atoms with Crippen LogP contribution in [0.3, 0.4) is 0 Å². The Hall–Kier alpha value is -3.49. The third-order valence-corrected chi connectivity index (χ3v) is 6.60. The number of piperazine rings is 1. The van der Waals surface area contributed by atoms with Crippen molar-refractivity contribution < 1.29 is 18.8 Å². The Bertz CT molecular complexity index is 1100. The van der Waals surface area contributed by atoms with Gasteiger partial charge in [-0.1, -0.05) is 19.1 Å². The minimum atomic E-state index is -0.811. The Kier molecular flexibility index (Phi) is 5.82. The molecule has 4 rings (SSSR count). The summed E-state index contributed by atoms with van der Waals surface area (Å²) >= 11 is 0. The molecule has 0 spiro atoms. The molecule has 3 amide bonds. The molecular formula is C24H28FN5O3. The van der Waals surface area contributed by atoms with Crippen molar-refractivity contribution in [1.29, 1.82) is 0 Å². The van der Waals surface area contributed by atoms with E-state index in [2.05, 4.69) is 10.3 Å². The summed E-state index contributed by atoms with van der Waals surface area (Å²) in [4.78, 5) is 46.4. The van der Waals surface area contributed by atoms with Gasteiger partial charge in [-0.2, -0.15) is 0 Å². The molecule has 1 aliphatic carbocycles. The van der Waals surface area contributed by atoms with Gasteiger partial charge in [0.15, 0.2) is 0 Å². The molecule has 2 aliphatic rings. The van der Waals surface area contributed by atoms with Gasteiger partial charge in [0.1, 0.15) is 11.6 Å². The highest BCUT2D eigenvalue weighted by molar-refractivity contribution is 6.39. The van der Waals surface area contributed by atoms with Gasteiger partial charge < -0.3 is 20.9 Å². The maximum absolute atomic E-state index is 13.5. The molecule has 0 unspecified atom stereocenters. The molecule has 2 atom stereocenters. The highest BCUT2D eigenvalue weighted by atomic mass is 19.1. The number of nitrogens with two attached hydrogens (primary N) is 1. The first-order valence-corrected chi connectivity index (χ1v) is 11.0. The van der Waals surface area contributed by atoms with E-state index in [0.717, 1.165) is 12.8 Å². The van der Waals surface area contributed by atoms with Crippen molar-refractivity contribution in [2.24, 2.45) is 5.41 Å². The maximum atomic E-state index is 13.5. The van der Waals surface area contributed by atoms with Crippen LogP contribution in [0.1, 0.15) is 43.9 Å². The van der Waals surface area contributed by atoms with E-state index < -0.39 is 23.7 Å². The summed E-state index contributed by atoms with van der Waals surface area (Å²) in [6.45, 7) is 6.00. The third-order valence-electron chi connectivity index (χ3n) is 6.60. The van der Waals surface area contributed by atoms with Crippen molar-refractivity contribution in [3.8, 4) is 0 Å². The number of rotatable bonds is 3. The molecule has 2 fully saturated rings. The summed E-state index contributed by atoms with van der Waals surface area (Å²) in [5.41, 5.74) is 7.07. The Morgan fingerprint density at radius 2 is 1.82 bits per heavy atom. The van der Waals surface area contributed by atoms with E-state index in [1.54, 1.807) is 30.0 Å². The smallest absolute Gasteiger partial charge is 0.313 e. The normalized spacial score (nSPS) is 21.5. The number of nitrogen functional groups attached to an aromatic ring is 1. The number of benzene rings is 1. The zero-order valence-electron chi connectivity index (χ0n) is 19.0. The zero-order valence-corrected chi connectivity index (χ0v) is 19.0. The van der Waals surface area contributed by atoms with Gasteiger partial charge in [-0.25, -0.2) is 9.37 Å². The Labute approximate surface area is 192 Å². The second kappa shape index (κ2) is 8.46. The lowest BCUT2D eigenvalue weighted by Crippen LogP contribution is -2.59. The van der Waals surface area contributed by atoms with E-state index in [1.165, 1.54) is 23.2 Å². The van der Waals surface area contributed by atoms with E-state index in [9.17, 15) is 18.8 Å². The van der Waals surface area contributed by atoms with Crippen molar-refractivity contribution in [2.75, 3.05) is 24.1 Å². The van der Waals surface area contributed by atoms with E-state index >= 15 is 0 Å². The van der Waals surface area contributed by atoms with Gasteiger partial charge in [0, 0.05) is 24.5 Å². The van der Waals surface area contributed by atoms with Gasteiger partial charge in [0.2, 0.25) is 5.91 Å². The lowest BCUT2D eigenvalue weighted by molar-refractivity contribution is -0.153. The molecule has 3 N–H and O–H groups in total. The number of carbonyl (C=O) groups is 3. The van der Waals surface area contributed by atoms with Gasteiger partial charge in [0.25, 0.3) is 0 Å². The van der Waals surface area contributed by atoms with Crippen LogP contribution >= 0.6 is 0 Å². The molecule has 0 radical (unpaired) electrons. The van der Waals surface area contributed by atoms with Crippen molar-refractivity contribution >= 4 is 29.2 Å². The molecule has 1 aliphatic heterocycles. The largest absolute Gasteiger partial charge is 0.383 e. The van der Waals surface area contributed by atoms with Gasteiger partial charge in [-0.3, -0.25) is 14.4 Å². The fourth-order valence-electron chi connectivity index (χ4n) is 4.17. The summed E-state index contributed by atoms with van der Waals surface area (Å²) in [5, 5.41) is 2.58. The summed E-state index contributed by atoms with van der Waals surface area (Å²) in [5.74, 6) is -1.54. The summed E-state index contributed by atoms with van der Waals surface area (Å²) < 4.78 is 13.5. The van der Waals surface area contributed by atoms with Crippen molar-refractivity contribution in [2.45, 2.75) is 45.7 Å². The number of anilines is 2. The number of nitrogens with one attached hydrogen (secondary N) is 1. The monoisotopic (exact) mass is 453 g/mol. The lowest BCUT2D eigenvalue weighted by atomic mass is 9.97. The number of carbonyl (C=O) groups excluding carboxylic acids is 3. The van der Waals surface area contributed by atoms with Crippen molar-refractivity contribution in [3.63, 3.8) is 0 Å². The summed E-state index contributed by atoms with van der Waals surface area (Å²) in [7, 11) is 0. The highest BCUT2D eigenvalue weighted by Gasteiger charge is 2.50. The van der Waals surface area contributed by atoms with Crippen molar-refractivity contribution in [3.05, 3.63) is 53.5 Å². The second-order valence-electron chi connectivity index (χ2n) is 9.27. The van der Waals surface area contributed by atoms with E-state index in [0.29, 0.717) is 22.6 Å². The van der Waals surface area contributed by atoms with Crippen LogP contribution in [0.25, 0.3) is 0 Å². The third kappa shape index (κ3) is 4.53. The summed E-state index contributed by atoms with van der Waals surface area (Å²) in [6.07, 6.45) is 3.08. The average molecular weight is 454 g/mol. The van der Waals surface area contributed by atoms with Crippen LogP contribution in [0.5, 0.6) is 0 Å². The fourth-order valence-corrected chi connectivity index (χ4v) is 4.17. The van der Waals surface area contributed by atoms with Crippen molar-refractivity contribution in [1.82, 2.24) is 14.8 Å². The Balaban J connectivity index is 1.59. The van der Waals surface area contributed by atoms with Gasteiger partial charge in [-0.05, 0) is 56.0 Å². The topological polar surface area (TPSA) is 109 Å². The average Bonchev–Trinajstić information content (AvgIpc) is 3.54. The number of aryl methyl sites for hydroxylation is 1. The van der Waals surface area contributed by atoms with Crippen LogP contribution in [0.4, 0.5) is 15.9 Å². The number of amides is 3. The number of nitrogens with zero attached hydrogens (tertiary/aromatic N) is 3. The predicted octanol–water partition coefficient (Wildman–Crippen LogP) is 2.65. The quantitative estimate of drug-likeness (QED) is 0.695. The molecule has 0 bridgehead atoms. The first-order chi connectivity index (χ1) is 15.6. The SMILES string of the molecule is Cc1cc(NC(=O)C(=O)N2C[C@@H](C)N(C(=O)C3(C)CC3)C[C@@H]2c2ccc(F)cc2)cnc1N. The minimum Gasteiger partial charge on any atom is -0.383 e. The predicted molar refractivity (Wildman–Crippen MR) is 121 cm³/mol. The first-order valence-electron chi connectivity index (χ1n) is 11.0. The van der Waals surface area contributed by atoms with Crippen LogP contribution in [-0.2, 0) is 14.4 Å². The highest BCUT2D eigenvalue weighted by Crippen LogP contribution is 2.47. The van der Waals surface area contributed by atoms with Crippen LogP contribution in [0.15, 0.2) is 36.5 Å². The standard InChI is InChI=1S/C24H28FN5O3/c1-14-10-18(11-27-20(14)26)28-21(31)22(32)30-12-15(2)29(23(33)24(3)8-9-24)13-19(30)16-4-6-17(25)7-5-16/h4-7,10-11,15,19H,8-9,12-13H2,1-3H3,(H2,26,27)(H,28,31)/t15-,19-/m1/s1. The lowest BCUT2D eigenvalue weighted by Gasteiger charge is -2.46. The fraction of sp³-hybridized carbons (Fsp3) is 0.417. The zero-order chi connectivity index (χ0) is 23.9. The molecule has 1 aromatic heterocycles. The van der Waals surface area contributed by atoms with Crippen LogP contribution < -0.4 is 11.1 Å². The molecule has 8 nitrogen and oxygen atoms in total. The van der Waals surface area contributed by atoms with Crippen LogP contribution in [0, 0.1) is 18.2 Å². The number of hydrogen-bond acceptors (Lipinski definition) is 5. The van der Waals surface area contributed by atoms with Crippen LogP contribution in [0.2, 0.25) is 0 Å². The second-order valence-corrected chi connectivity index (χ2v) is 9.27. The molecule has 9 heteroatoms. The molecule has 33 heavy (non-hydrogen) atoms. The minimum absolute atomic E-state index is 0.0575. The number of pyridine rings is 1. The molecule has 2 aromatic rings. The number of halogens is 1. The number of hydrogen-bond donors (Lipinski definition) is 2. The van der Waals surface area contributed by atoms with E-state index in [1.807, 2.05) is 13.8 Å². The molecule has 1 saturated heterocycles. The Morgan fingerprint density at radius 3 is 2.42 bits per heavy atom. The summed E-state index contributed by atoms with van der Waals surface area (Å²) in [6, 6.07) is 6.61. The van der Waals surface area contributed by atoms with Gasteiger partial charge in [-0.15, -0.1) is 0 Å². The van der Waals surface area contributed by atoms with E-state index in [-0.39, 0.29) is 30.5 Å². The number of aromatic nitrogens is 1. The molecule has 174 valence electrons. The molecule has 1 saturated carbocycles. The molecular weight excluding hydrogens is 425 g/mol. The van der Waals surface area contributed by atoms with Crippen LogP contribution in [-0.4, -0.2) is 51.6 Å². The van der Waals surface area contributed by atoms with Gasteiger partial charge >= 0.3 is 11.8 Å². The molecule has 2 heterocycles. The molecule has 1 aromatic carbocycles. The maximum Gasteiger partial charge on any atom is 0.313 e. The van der Waals surface area contributed by atoms with Gasteiger partial charge in [0.05, 0.1) is 17.9 Å². The Morgan fingerprint density at radius 1 is 1.15 bits per heavy atom. The van der Waals surface area contributed by atoms with E-state index in [4.69, 9.17) is 5.73 Å². The first kappa shape index (κ1) is 22.7.